The molecular formula is C26H27ClN2O3. The first-order chi connectivity index (χ1) is 15.4. The van der Waals surface area contributed by atoms with Crippen molar-refractivity contribution in [2.75, 3.05) is 17.2 Å². The Morgan fingerprint density at radius 1 is 0.906 bits per heavy atom. The molecule has 0 aliphatic carbocycles. The molecule has 0 heterocycles. The summed E-state index contributed by atoms with van der Waals surface area (Å²) in [7, 11) is 0. The summed E-state index contributed by atoms with van der Waals surface area (Å²) in [6, 6.07) is 18.1. The highest BCUT2D eigenvalue weighted by atomic mass is 35.5. The minimum Gasteiger partial charge on any atom is -0.484 e. The monoisotopic (exact) mass is 450 g/mol. The number of rotatable bonds is 8. The molecule has 3 aromatic rings. The maximum atomic E-state index is 12.8. The maximum Gasteiger partial charge on any atom is 0.262 e. The number of halogens is 1. The predicted octanol–water partition coefficient (Wildman–Crippen LogP) is 6.04. The van der Waals surface area contributed by atoms with Gasteiger partial charge in [-0.1, -0.05) is 43.6 Å². The van der Waals surface area contributed by atoms with Crippen LogP contribution in [0, 0.1) is 6.92 Å². The number of carbonyl (C=O) groups excluding carboxylic acids is 2. The summed E-state index contributed by atoms with van der Waals surface area (Å²) in [5.74, 6) is 0.0522. The van der Waals surface area contributed by atoms with E-state index in [-0.39, 0.29) is 18.4 Å². The number of hydrogen-bond acceptors (Lipinski definition) is 3. The van der Waals surface area contributed by atoms with Crippen LogP contribution in [0.3, 0.4) is 0 Å². The Labute approximate surface area is 193 Å². The number of ether oxygens (including phenoxy) is 1. The van der Waals surface area contributed by atoms with Crippen LogP contribution in [0.2, 0.25) is 5.02 Å². The largest absolute Gasteiger partial charge is 0.484 e. The molecule has 0 saturated heterocycles. The number of amides is 2. The molecule has 0 unspecified atom stereocenters. The van der Waals surface area contributed by atoms with E-state index in [4.69, 9.17) is 16.3 Å². The Hall–Kier alpha value is -3.31. The minimum atomic E-state index is -0.277. The molecule has 0 aromatic heterocycles. The molecule has 0 bridgehead atoms. The fourth-order valence-corrected chi connectivity index (χ4v) is 3.62. The van der Waals surface area contributed by atoms with Crippen LogP contribution >= 0.6 is 11.6 Å². The third-order valence-electron chi connectivity index (χ3n) is 5.19. The van der Waals surface area contributed by atoms with Crippen molar-refractivity contribution in [1.29, 1.82) is 0 Å². The molecule has 5 nitrogen and oxygen atoms in total. The Bertz CT molecular complexity index is 1090. The number of carbonyl (C=O) groups is 2. The fourth-order valence-electron chi connectivity index (χ4n) is 3.39. The van der Waals surface area contributed by atoms with Gasteiger partial charge in [-0.05, 0) is 78.9 Å². The van der Waals surface area contributed by atoms with Gasteiger partial charge in [0.1, 0.15) is 5.75 Å². The number of hydrogen-bond donors (Lipinski definition) is 2. The number of benzene rings is 3. The first-order valence-corrected chi connectivity index (χ1v) is 11.0. The quantitative estimate of drug-likeness (QED) is 0.439. The van der Waals surface area contributed by atoms with Gasteiger partial charge in [0, 0.05) is 22.0 Å². The first kappa shape index (κ1) is 23.4. The van der Waals surface area contributed by atoms with Gasteiger partial charge in [0.05, 0.1) is 0 Å². The van der Waals surface area contributed by atoms with E-state index in [1.165, 1.54) is 0 Å². The van der Waals surface area contributed by atoms with E-state index in [1.54, 1.807) is 42.5 Å². The highest BCUT2D eigenvalue weighted by Crippen LogP contribution is 2.24. The van der Waals surface area contributed by atoms with Crippen LogP contribution < -0.4 is 15.4 Å². The second kappa shape index (κ2) is 10.8. The van der Waals surface area contributed by atoms with Gasteiger partial charge in [-0.25, -0.2) is 0 Å². The summed E-state index contributed by atoms with van der Waals surface area (Å²) in [4.78, 5) is 25.0. The van der Waals surface area contributed by atoms with Crippen molar-refractivity contribution in [1.82, 2.24) is 0 Å². The predicted molar refractivity (Wildman–Crippen MR) is 130 cm³/mol. The molecule has 0 atom stereocenters. The van der Waals surface area contributed by atoms with E-state index in [1.807, 2.05) is 25.1 Å². The molecule has 0 spiro atoms. The normalized spacial score (nSPS) is 10.5. The van der Waals surface area contributed by atoms with Crippen molar-refractivity contribution in [3.8, 4) is 5.75 Å². The molecule has 0 fully saturated rings. The second-order valence-electron chi connectivity index (χ2n) is 7.43. The molecule has 0 radical (unpaired) electrons. The van der Waals surface area contributed by atoms with Crippen LogP contribution in [-0.4, -0.2) is 18.4 Å². The van der Waals surface area contributed by atoms with Crippen LogP contribution in [0.25, 0.3) is 0 Å². The van der Waals surface area contributed by atoms with Crippen LogP contribution in [0.1, 0.15) is 40.9 Å². The van der Waals surface area contributed by atoms with Crippen molar-refractivity contribution in [3.05, 3.63) is 87.9 Å². The van der Waals surface area contributed by atoms with Gasteiger partial charge in [0.15, 0.2) is 6.61 Å². The Kier molecular flexibility index (Phi) is 7.90. The topological polar surface area (TPSA) is 67.4 Å². The van der Waals surface area contributed by atoms with Crippen molar-refractivity contribution in [3.63, 3.8) is 0 Å². The van der Waals surface area contributed by atoms with Crippen LogP contribution in [0.15, 0.2) is 60.7 Å². The van der Waals surface area contributed by atoms with Crippen LogP contribution in [0.4, 0.5) is 11.4 Å². The average molecular weight is 451 g/mol. The van der Waals surface area contributed by atoms with E-state index < -0.39 is 0 Å². The van der Waals surface area contributed by atoms with E-state index in [0.29, 0.717) is 22.0 Å². The molecule has 2 N–H and O–H groups in total. The molecule has 0 saturated carbocycles. The van der Waals surface area contributed by atoms with Gasteiger partial charge in [0.2, 0.25) is 0 Å². The van der Waals surface area contributed by atoms with E-state index >= 15 is 0 Å². The van der Waals surface area contributed by atoms with E-state index in [2.05, 4.69) is 24.5 Å². The summed E-state index contributed by atoms with van der Waals surface area (Å²) in [6.45, 7) is 5.87. The molecule has 3 aromatic carbocycles. The van der Waals surface area contributed by atoms with Gasteiger partial charge in [-0.3, -0.25) is 9.59 Å². The molecule has 2 amide bonds. The minimum absolute atomic E-state index is 0.142. The smallest absolute Gasteiger partial charge is 0.262 e. The Morgan fingerprint density at radius 2 is 1.56 bits per heavy atom. The maximum absolute atomic E-state index is 12.8. The summed E-state index contributed by atoms with van der Waals surface area (Å²) in [5, 5.41) is 6.47. The average Bonchev–Trinajstić information content (AvgIpc) is 2.80. The lowest BCUT2D eigenvalue weighted by atomic mass is 10.0. The van der Waals surface area contributed by atoms with Crippen molar-refractivity contribution < 1.29 is 14.3 Å². The van der Waals surface area contributed by atoms with Crippen molar-refractivity contribution in [2.45, 2.75) is 33.6 Å². The van der Waals surface area contributed by atoms with Crippen molar-refractivity contribution in [2.24, 2.45) is 0 Å². The fraction of sp³-hybridized carbons (Fsp3) is 0.231. The summed E-state index contributed by atoms with van der Waals surface area (Å²) >= 11 is 5.94. The number of nitrogens with one attached hydrogen (secondary N) is 2. The number of para-hydroxylation sites is 1. The first-order valence-electron chi connectivity index (χ1n) is 10.6. The number of aryl methyl sites for hydroxylation is 3. The molecule has 32 heavy (non-hydrogen) atoms. The lowest BCUT2D eigenvalue weighted by Crippen LogP contribution is -2.20. The molecule has 6 heteroatoms. The zero-order valence-electron chi connectivity index (χ0n) is 18.5. The van der Waals surface area contributed by atoms with Gasteiger partial charge in [-0.2, -0.15) is 0 Å². The Balaban J connectivity index is 1.59. The second-order valence-corrected chi connectivity index (χ2v) is 7.87. The third kappa shape index (κ3) is 5.89. The summed E-state index contributed by atoms with van der Waals surface area (Å²) in [5.41, 5.74) is 5.19. The molecule has 0 aliphatic heterocycles. The standard InChI is InChI=1S/C26H27ClN2O3/c1-4-18-7-6-8-19(5-2)25(18)29-26(31)20-9-12-22(13-10-20)32-16-24(30)28-23-14-11-21(27)15-17(23)3/h6-15H,4-5,16H2,1-3H3,(H,28,30)(H,29,31). The summed E-state index contributed by atoms with van der Waals surface area (Å²) in [6.07, 6.45) is 1.68. The number of anilines is 2. The zero-order valence-corrected chi connectivity index (χ0v) is 19.3. The Morgan fingerprint density at radius 3 is 2.16 bits per heavy atom. The SMILES string of the molecule is CCc1cccc(CC)c1NC(=O)c1ccc(OCC(=O)Nc2ccc(Cl)cc2C)cc1. The highest BCUT2D eigenvalue weighted by molar-refractivity contribution is 6.30. The van der Waals surface area contributed by atoms with Crippen LogP contribution in [0.5, 0.6) is 5.75 Å². The molecule has 3 rings (SSSR count). The third-order valence-corrected chi connectivity index (χ3v) is 5.42. The van der Waals surface area contributed by atoms with E-state index in [0.717, 1.165) is 35.2 Å². The lowest BCUT2D eigenvalue weighted by molar-refractivity contribution is -0.118. The lowest BCUT2D eigenvalue weighted by Gasteiger charge is -2.14. The molecule has 166 valence electrons. The molecular weight excluding hydrogens is 424 g/mol. The highest BCUT2D eigenvalue weighted by Gasteiger charge is 2.12. The molecule has 0 aliphatic rings. The van der Waals surface area contributed by atoms with Gasteiger partial charge >= 0.3 is 0 Å². The summed E-state index contributed by atoms with van der Waals surface area (Å²) < 4.78 is 5.56. The van der Waals surface area contributed by atoms with Gasteiger partial charge < -0.3 is 15.4 Å². The van der Waals surface area contributed by atoms with Gasteiger partial charge in [0.25, 0.3) is 11.8 Å². The zero-order chi connectivity index (χ0) is 23.1. The van der Waals surface area contributed by atoms with Gasteiger partial charge in [-0.15, -0.1) is 0 Å². The van der Waals surface area contributed by atoms with Crippen molar-refractivity contribution >= 4 is 34.8 Å². The van der Waals surface area contributed by atoms with E-state index in [9.17, 15) is 9.59 Å². The van der Waals surface area contributed by atoms with Crippen LogP contribution in [-0.2, 0) is 17.6 Å².